The molecule has 0 saturated carbocycles. The Kier molecular flexibility index (Phi) is 2.98. The SMILES string of the molecule is Nc1cc(-c2ccccc2Br)ccc1Cl. The summed E-state index contributed by atoms with van der Waals surface area (Å²) in [5, 5.41) is 0.589. The number of rotatable bonds is 1. The zero-order valence-corrected chi connectivity index (χ0v) is 10.2. The summed E-state index contributed by atoms with van der Waals surface area (Å²) in [5.74, 6) is 0. The number of anilines is 1. The molecule has 3 heteroatoms. The van der Waals surface area contributed by atoms with Crippen LogP contribution in [0, 0.1) is 0 Å². The molecule has 2 aromatic carbocycles. The molecule has 1 nitrogen and oxygen atoms in total. The second-order valence-corrected chi connectivity index (χ2v) is 4.48. The molecule has 2 N–H and O–H groups in total. The van der Waals surface area contributed by atoms with Crippen molar-refractivity contribution in [3.63, 3.8) is 0 Å². The van der Waals surface area contributed by atoms with Gasteiger partial charge in [0.1, 0.15) is 0 Å². The maximum Gasteiger partial charge on any atom is 0.0635 e. The fraction of sp³-hybridized carbons (Fsp3) is 0. The summed E-state index contributed by atoms with van der Waals surface area (Å²) >= 11 is 9.37. The van der Waals surface area contributed by atoms with Crippen LogP contribution in [0.25, 0.3) is 11.1 Å². The van der Waals surface area contributed by atoms with E-state index in [2.05, 4.69) is 15.9 Å². The zero-order valence-electron chi connectivity index (χ0n) is 7.87. The molecular formula is C12H9BrClN. The van der Waals surface area contributed by atoms with Gasteiger partial charge in [0.25, 0.3) is 0 Å². The van der Waals surface area contributed by atoms with Crippen molar-refractivity contribution >= 4 is 33.2 Å². The predicted octanol–water partition coefficient (Wildman–Crippen LogP) is 4.35. The van der Waals surface area contributed by atoms with Crippen molar-refractivity contribution in [3.05, 3.63) is 52.0 Å². The molecular weight excluding hydrogens is 273 g/mol. The Morgan fingerprint density at radius 3 is 2.47 bits per heavy atom. The number of benzene rings is 2. The highest BCUT2D eigenvalue weighted by atomic mass is 79.9. The Morgan fingerprint density at radius 2 is 1.80 bits per heavy atom. The summed E-state index contributed by atoms with van der Waals surface area (Å²) < 4.78 is 1.05. The van der Waals surface area contributed by atoms with E-state index >= 15 is 0 Å². The number of nitrogens with two attached hydrogens (primary N) is 1. The first-order valence-electron chi connectivity index (χ1n) is 4.48. The molecule has 0 spiro atoms. The molecule has 15 heavy (non-hydrogen) atoms. The molecule has 0 aliphatic carbocycles. The van der Waals surface area contributed by atoms with Gasteiger partial charge in [0.15, 0.2) is 0 Å². The van der Waals surface area contributed by atoms with Crippen molar-refractivity contribution in [2.75, 3.05) is 5.73 Å². The van der Waals surface area contributed by atoms with Crippen LogP contribution in [0.2, 0.25) is 5.02 Å². The topological polar surface area (TPSA) is 26.0 Å². The molecule has 0 atom stereocenters. The van der Waals surface area contributed by atoms with Crippen LogP contribution in [-0.2, 0) is 0 Å². The van der Waals surface area contributed by atoms with E-state index in [1.165, 1.54) is 0 Å². The van der Waals surface area contributed by atoms with Gasteiger partial charge >= 0.3 is 0 Å². The molecule has 2 aromatic rings. The van der Waals surface area contributed by atoms with E-state index < -0.39 is 0 Å². The Bertz CT molecular complexity index is 497. The van der Waals surface area contributed by atoms with Crippen LogP contribution in [0.4, 0.5) is 5.69 Å². The number of hydrogen-bond donors (Lipinski definition) is 1. The highest BCUT2D eigenvalue weighted by Gasteiger charge is 2.03. The molecule has 0 radical (unpaired) electrons. The van der Waals surface area contributed by atoms with E-state index in [1.54, 1.807) is 0 Å². The Hall–Kier alpha value is -0.990. The molecule has 0 saturated heterocycles. The van der Waals surface area contributed by atoms with Gasteiger partial charge in [-0.25, -0.2) is 0 Å². The van der Waals surface area contributed by atoms with Crippen LogP contribution < -0.4 is 5.73 Å². The van der Waals surface area contributed by atoms with Crippen molar-refractivity contribution in [2.45, 2.75) is 0 Å². The average Bonchev–Trinajstić information content (AvgIpc) is 2.23. The van der Waals surface area contributed by atoms with Crippen LogP contribution in [-0.4, -0.2) is 0 Å². The summed E-state index contributed by atoms with van der Waals surface area (Å²) in [6, 6.07) is 13.7. The Morgan fingerprint density at radius 1 is 1.07 bits per heavy atom. The summed E-state index contributed by atoms with van der Waals surface area (Å²) in [6.07, 6.45) is 0. The first kappa shape index (κ1) is 10.5. The van der Waals surface area contributed by atoms with Crippen molar-refractivity contribution in [1.29, 1.82) is 0 Å². The first-order chi connectivity index (χ1) is 7.18. The van der Waals surface area contributed by atoms with Gasteiger partial charge in [-0.1, -0.05) is 51.8 Å². The minimum absolute atomic E-state index is 0.589. The molecule has 0 heterocycles. The minimum atomic E-state index is 0.589. The normalized spacial score (nSPS) is 10.3. The monoisotopic (exact) mass is 281 g/mol. The van der Waals surface area contributed by atoms with Gasteiger partial charge < -0.3 is 5.73 Å². The van der Waals surface area contributed by atoms with Crippen LogP contribution in [0.5, 0.6) is 0 Å². The van der Waals surface area contributed by atoms with Gasteiger partial charge in [-0.3, -0.25) is 0 Å². The minimum Gasteiger partial charge on any atom is -0.398 e. The zero-order chi connectivity index (χ0) is 10.8. The van der Waals surface area contributed by atoms with Crippen LogP contribution >= 0.6 is 27.5 Å². The third-order valence-corrected chi connectivity index (χ3v) is 3.22. The fourth-order valence-corrected chi connectivity index (χ4v) is 2.04. The molecule has 0 bridgehead atoms. The molecule has 0 aromatic heterocycles. The Balaban J connectivity index is 2.55. The van der Waals surface area contributed by atoms with Crippen LogP contribution in [0.15, 0.2) is 46.9 Å². The van der Waals surface area contributed by atoms with E-state index in [1.807, 2.05) is 42.5 Å². The van der Waals surface area contributed by atoms with E-state index in [0.29, 0.717) is 10.7 Å². The largest absolute Gasteiger partial charge is 0.398 e. The van der Waals surface area contributed by atoms with Crippen molar-refractivity contribution in [1.82, 2.24) is 0 Å². The maximum absolute atomic E-state index is 5.87. The van der Waals surface area contributed by atoms with Crippen LogP contribution in [0.1, 0.15) is 0 Å². The second kappa shape index (κ2) is 4.25. The second-order valence-electron chi connectivity index (χ2n) is 3.22. The van der Waals surface area contributed by atoms with Gasteiger partial charge in [-0.2, -0.15) is 0 Å². The molecule has 0 unspecified atom stereocenters. The number of nitrogen functional groups attached to an aromatic ring is 1. The van der Waals surface area contributed by atoms with Crippen molar-refractivity contribution < 1.29 is 0 Å². The van der Waals surface area contributed by atoms with E-state index in [4.69, 9.17) is 17.3 Å². The Labute approximate surface area is 102 Å². The molecule has 0 fully saturated rings. The van der Waals surface area contributed by atoms with E-state index in [-0.39, 0.29) is 0 Å². The molecule has 0 amide bonds. The van der Waals surface area contributed by atoms with E-state index in [9.17, 15) is 0 Å². The van der Waals surface area contributed by atoms with Crippen molar-refractivity contribution in [2.24, 2.45) is 0 Å². The highest BCUT2D eigenvalue weighted by molar-refractivity contribution is 9.10. The van der Waals surface area contributed by atoms with Crippen molar-refractivity contribution in [3.8, 4) is 11.1 Å². The maximum atomic E-state index is 5.87. The number of hydrogen-bond acceptors (Lipinski definition) is 1. The number of halogens is 2. The lowest BCUT2D eigenvalue weighted by Gasteiger charge is -2.06. The quantitative estimate of drug-likeness (QED) is 0.773. The lowest BCUT2D eigenvalue weighted by atomic mass is 10.1. The molecule has 76 valence electrons. The average molecular weight is 283 g/mol. The van der Waals surface area contributed by atoms with Gasteiger partial charge in [0.2, 0.25) is 0 Å². The molecule has 2 rings (SSSR count). The summed E-state index contributed by atoms with van der Waals surface area (Å²) in [6.45, 7) is 0. The van der Waals surface area contributed by atoms with Gasteiger partial charge in [0, 0.05) is 4.47 Å². The van der Waals surface area contributed by atoms with Gasteiger partial charge in [-0.15, -0.1) is 0 Å². The van der Waals surface area contributed by atoms with Crippen LogP contribution in [0.3, 0.4) is 0 Å². The fourth-order valence-electron chi connectivity index (χ4n) is 1.41. The molecule has 0 aliphatic heterocycles. The van der Waals surface area contributed by atoms with E-state index in [0.717, 1.165) is 15.6 Å². The predicted molar refractivity (Wildman–Crippen MR) is 69.0 cm³/mol. The van der Waals surface area contributed by atoms with Gasteiger partial charge in [-0.05, 0) is 29.3 Å². The first-order valence-corrected chi connectivity index (χ1v) is 5.65. The third-order valence-electron chi connectivity index (χ3n) is 2.18. The lowest BCUT2D eigenvalue weighted by molar-refractivity contribution is 1.58. The van der Waals surface area contributed by atoms with Gasteiger partial charge in [0.05, 0.1) is 10.7 Å². The third kappa shape index (κ3) is 2.16. The standard InChI is InChI=1S/C12H9BrClN/c13-10-4-2-1-3-9(10)8-5-6-11(14)12(15)7-8/h1-7H,15H2. The lowest BCUT2D eigenvalue weighted by Crippen LogP contribution is -1.87. The smallest absolute Gasteiger partial charge is 0.0635 e. The highest BCUT2D eigenvalue weighted by Crippen LogP contribution is 2.31. The molecule has 0 aliphatic rings. The summed E-state index contributed by atoms with van der Waals surface area (Å²) in [7, 11) is 0. The summed E-state index contributed by atoms with van der Waals surface area (Å²) in [4.78, 5) is 0. The summed E-state index contributed by atoms with van der Waals surface area (Å²) in [5.41, 5.74) is 8.53.